The van der Waals surface area contributed by atoms with E-state index in [9.17, 15) is 4.79 Å². The minimum Gasteiger partial charge on any atom is -0.354 e. The Hall–Kier alpha value is -2.28. The second-order valence-electron chi connectivity index (χ2n) is 7.06. The first-order chi connectivity index (χ1) is 12.8. The average molecular weight is 373 g/mol. The third kappa shape index (κ3) is 5.13. The van der Waals surface area contributed by atoms with E-state index in [0.29, 0.717) is 25.0 Å². The standard InChI is InChI=1S/C20H32N6O/c1-8-25(9-2)15(5)12-21-19(27)11-18-16(6)24-26(17(18)7)20-22-13(3)10-14(4)23-20/h10,15H,8-9,11-12H2,1-7H3,(H,21,27). The summed E-state index contributed by atoms with van der Waals surface area (Å²) in [6, 6.07) is 2.25. The molecule has 0 fully saturated rings. The van der Waals surface area contributed by atoms with Gasteiger partial charge in [0.1, 0.15) is 0 Å². The summed E-state index contributed by atoms with van der Waals surface area (Å²) in [6.07, 6.45) is 0.313. The molecule has 0 spiro atoms. The van der Waals surface area contributed by atoms with Gasteiger partial charge in [-0.1, -0.05) is 13.8 Å². The van der Waals surface area contributed by atoms with Crippen molar-refractivity contribution in [2.24, 2.45) is 0 Å². The van der Waals surface area contributed by atoms with Crippen LogP contribution in [0.2, 0.25) is 0 Å². The Morgan fingerprint density at radius 3 is 2.30 bits per heavy atom. The first-order valence-electron chi connectivity index (χ1n) is 9.65. The van der Waals surface area contributed by atoms with Gasteiger partial charge in [-0.3, -0.25) is 9.69 Å². The summed E-state index contributed by atoms with van der Waals surface area (Å²) in [5.74, 6) is 0.566. The summed E-state index contributed by atoms with van der Waals surface area (Å²) in [5, 5.41) is 7.62. The molecule has 0 aliphatic rings. The number of nitrogens with one attached hydrogen (secondary N) is 1. The van der Waals surface area contributed by atoms with Crippen LogP contribution >= 0.6 is 0 Å². The summed E-state index contributed by atoms with van der Waals surface area (Å²) < 4.78 is 1.73. The van der Waals surface area contributed by atoms with Crippen LogP contribution in [0.3, 0.4) is 0 Å². The lowest BCUT2D eigenvalue weighted by Crippen LogP contribution is -2.42. The van der Waals surface area contributed by atoms with Gasteiger partial charge in [0.15, 0.2) is 0 Å². The molecule has 0 aliphatic heterocycles. The Balaban J connectivity index is 2.11. The molecular formula is C20H32N6O. The Bertz CT molecular complexity index is 774. The molecule has 2 heterocycles. The van der Waals surface area contributed by atoms with Crippen molar-refractivity contribution in [3.05, 3.63) is 34.4 Å². The van der Waals surface area contributed by atoms with E-state index in [1.54, 1.807) is 4.68 Å². The van der Waals surface area contributed by atoms with Crippen LogP contribution in [0.25, 0.3) is 5.95 Å². The average Bonchev–Trinajstić information content (AvgIpc) is 2.88. The number of hydrogen-bond acceptors (Lipinski definition) is 5. The fraction of sp³-hybridized carbons (Fsp3) is 0.600. The number of aromatic nitrogens is 4. The SMILES string of the molecule is CCN(CC)C(C)CNC(=O)Cc1c(C)nn(-c2nc(C)cc(C)n2)c1C. The lowest BCUT2D eigenvalue weighted by molar-refractivity contribution is -0.120. The van der Waals surface area contributed by atoms with Gasteiger partial charge < -0.3 is 5.32 Å². The molecule has 1 atom stereocenters. The molecule has 2 aromatic heterocycles. The van der Waals surface area contributed by atoms with Gasteiger partial charge in [0.05, 0.1) is 12.1 Å². The highest BCUT2D eigenvalue weighted by atomic mass is 16.1. The second-order valence-corrected chi connectivity index (χ2v) is 7.06. The summed E-state index contributed by atoms with van der Waals surface area (Å²) >= 11 is 0. The molecule has 1 amide bonds. The predicted octanol–water partition coefficient (Wildman–Crippen LogP) is 2.28. The molecule has 0 saturated heterocycles. The van der Waals surface area contributed by atoms with Gasteiger partial charge in [-0.25, -0.2) is 14.6 Å². The van der Waals surface area contributed by atoms with Gasteiger partial charge in [0, 0.05) is 35.2 Å². The van der Waals surface area contributed by atoms with E-state index >= 15 is 0 Å². The van der Waals surface area contributed by atoms with Crippen LogP contribution < -0.4 is 5.32 Å². The molecule has 0 aliphatic carbocycles. The molecular weight excluding hydrogens is 340 g/mol. The van der Waals surface area contributed by atoms with E-state index < -0.39 is 0 Å². The molecule has 148 valence electrons. The van der Waals surface area contributed by atoms with Crippen LogP contribution in [-0.4, -0.2) is 56.2 Å². The normalized spacial score (nSPS) is 12.4. The number of carbonyl (C=O) groups is 1. The van der Waals surface area contributed by atoms with Crippen molar-refractivity contribution >= 4 is 5.91 Å². The van der Waals surface area contributed by atoms with Gasteiger partial charge in [-0.15, -0.1) is 0 Å². The van der Waals surface area contributed by atoms with Gasteiger partial charge >= 0.3 is 0 Å². The van der Waals surface area contributed by atoms with Crippen LogP contribution in [0.15, 0.2) is 6.07 Å². The van der Waals surface area contributed by atoms with Crippen LogP contribution in [0.5, 0.6) is 0 Å². The van der Waals surface area contributed by atoms with E-state index in [-0.39, 0.29) is 5.91 Å². The highest BCUT2D eigenvalue weighted by Crippen LogP contribution is 2.17. The summed E-state index contributed by atoms with van der Waals surface area (Å²) in [5.41, 5.74) is 4.47. The predicted molar refractivity (Wildman–Crippen MR) is 107 cm³/mol. The van der Waals surface area contributed by atoms with Gasteiger partial charge in [-0.2, -0.15) is 5.10 Å². The molecule has 2 rings (SSSR count). The molecule has 7 heteroatoms. The third-order valence-corrected chi connectivity index (χ3v) is 4.97. The largest absolute Gasteiger partial charge is 0.354 e. The zero-order valence-electron chi connectivity index (χ0n) is 17.6. The Kier molecular flexibility index (Phi) is 7.07. The number of hydrogen-bond donors (Lipinski definition) is 1. The monoisotopic (exact) mass is 372 g/mol. The van der Waals surface area contributed by atoms with Gasteiger partial charge in [-0.05, 0) is 53.8 Å². The van der Waals surface area contributed by atoms with Crippen molar-refractivity contribution in [3.8, 4) is 5.95 Å². The van der Waals surface area contributed by atoms with Crippen molar-refractivity contribution in [1.82, 2.24) is 30.0 Å². The Labute approximate surface area is 162 Å². The molecule has 0 radical (unpaired) electrons. The smallest absolute Gasteiger partial charge is 0.251 e. The molecule has 0 bridgehead atoms. The molecule has 0 aromatic carbocycles. The zero-order valence-corrected chi connectivity index (χ0v) is 17.6. The van der Waals surface area contributed by atoms with Crippen molar-refractivity contribution in [3.63, 3.8) is 0 Å². The topological polar surface area (TPSA) is 75.9 Å². The molecule has 7 nitrogen and oxygen atoms in total. The minimum atomic E-state index is 0.0149. The number of nitrogens with zero attached hydrogens (tertiary/aromatic N) is 5. The number of aryl methyl sites for hydroxylation is 3. The number of rotatable bonds is 8. The number of amides is 1. The van der Waals surface area contributed by atoms with Crippen molar-refractivity contribution in [2.45, 2.75) is 60.9 Å². The van der Waals surface area contributed by atoms with Gasteiger partial charge in [0.2, 0.25) is 5.91 Å². The van der Waals surface area contributed by atoms with Crippen LogP contribution in [-0.2, 0) is 11.2 Å². The van der Waals surface area contributed by atoms with E-state index in [1.807, 2.05) is 33.8 Å². The molecule has 27 heavy (non-hydrogen) atoms. The first-order valence-corrected chi connectivity index (χ1v) is 9.65. The second kappa shape index (κ2) is 9.08. The molecule has 1 N–H and O–H groups in total. The van der Waals surface area contributed by atoms with E-state index in [4.69, 9.17) is 0 Å². The maximum Gasteiger partial charge on any atom is 0.251 e. The van der Waals surface area contributed by atoms with Crippen molar-refractivity contribution in [1.29, 1.82) is 0 Å². The summed E-state index contributed by atoms with van der Waals surface area (Å²) in [7, 11) is 0. The fourth-order valence-electron chi connectivity index (χ4n) is 3.39. The van der Waals surface area contributed by atoms with Crippen LogP contribution in [0.4, 0.5) is 0 Å². The van der Waals surface area contributed by atoms with Gasteiger partial charge in [0.25, 0.3) is 5.95 Å². The number of likely N-dealkylation sites (N-methyl/N-ethyl adjacent to an activating group) is 1. The van der Waals surface area contributed by atoms with E-state index in [0.717, 1.165) is 41.4 Å². The van der Waals surface area contributed by atoms with Crippen molar-refractivity contribution in [2.75, 3.05) is 19.6 Å². The fourth-order valence-corrected chi connectivity index (χ4v) is 3.39. The lowest BCUT2D eigenvalue weighted by atomic mass is 10.1. The zero-order chi connectivity index (χ0) is 20.1. The Morgan fingerprint density at radius 1 is 1.15 bits per heavy atom. The van der Waals surface area contributed by atoms with Crippen LogP contribution in [0, 0.1) is 27.7 Å². The summed E-state index contributed by atoms with van der Waals surface area (Å²) in [4.78, 5) is 23.8. The van der Waals surface area contributed by atoms with Crippen molar-refractivity contribution < 1.29 is 4.79 Å². The third-order valence-electron chi connectivity index (χ3n) is 4.97. The van der Waals surface area contributed by atoms with Crippen LogP contribution in [0.1, 0.15) is 49.1 Å². The minimum absolute atomic E-state index is 0.0149. The molecule has 1 unspecified atom stereocenters. The molecule has 0 saturated carbocycles. The first kappa shape index (κ1) is 21.0. The van der Waals surface area contributed by atoms with E-state index in [1.165, 1.54) is 0 Å². The quantitative estimate of drug-likeness (QED) is 0.769. The molecule has 2 aromatic rings. The highest BCUT2D eigenvalue weighted by molar-refractivity contribution is 5.79. The highest BCUT2D eigenvalue weighted by Gasteiger charge is 2.18. The van der Waals surface area contributed by atoms with E-state index in [2.05, 4.69) is 46.1 Å². The Morgan fingerprint density at radius 2 is 1.74 bits per heavy atom. The number of carbonyl (C=O) groups excluding carboxylic acids is 1. The maximum absolute atomic E-state index is 12.5. The lowest BCUT2D eigenvalue weighted by Gasteiger charge is -2.26. The summed E-state index contributed by atoms with van der Waals surface area (Å²) in [6.45, 7) is 16.8. The maximum atomic E-state index is 12.5.